The van der Waals surface area contributed by atoms with Crippen LogP contribution in [0.1, 0.15) is 17.3 Å². The molecule has 0 spiro atoms. The Hall–Kier alpha value is -0.510. The first-order valence-electron chi connectivity index (χ1n) is 3.53. The third kappa shape index (κ3) is 3.03. The topological polar surface area (TPSA) is 46.5 Å². The van der Waals surface area contributed by atoms with Gasteiger partial charge in [-0.2, -0.15) is 0 Å². The van der Waals surface area contributed by atoms with E-state index in [0.29, 0.717) is 11.3 Å². The van der Waals surface area contributed by atoms with E-state index in [9.17, 15) is 9.90 Å². The number of rotatable bonds is 2. The molecule has 0 unspecified atom stereocenters. The van der Waals surface area contributed by atoms with Gasteiger partial charge in [0.15, 0.2) is 17.3 Å². The predicted molar refractivity (Wildman–Crippen MR) is 51.8 cm³/mol. The summed E-state index contributed by atoms with van der Waals surface area (Å²) in [6, 6.07) is 4.51. The molecule has 1 N–H and O–H groups in total. The molecule has 0 aliphatic carbocycles. The van der Waals surface area contributed by atoms with Crippen LogP contribution >= 0.6 is 0 Å². The first-order valence-corrected chi connectivity index (χ1v) is 3.53. The van der Waals surface area contributed by atoms with Crippen molar-refractivity contribution >= 4 is 35.3 Å². The summed E-state index contributed by atoms with van der Waals surface area (Å²) in [5.41, 5.74) is 0.532. The minimum atomic E-state index is -0.0479. The Morgan fingerprint density at radius 2 is 2.08 bits per heavy atom. The second-order valence-corrected chi connectivity index (χ2v) is 2.44. The van der Waals surface area contributed by atoms with Crippen molar-refractivity contribution in [3.8, 4) is 11.5 Å². The third-order valence-corrected chi connectivity index (χ3v) is 1.59. The summed E-state index contributed by atoms with van der Waals surface area (Å²) in [6.07, 6.45) is 0. The number of hydrogen-bond donors (Lipinski definition) is 1. The molecule has 0 bridgehead atoms. The van der Waals surface area contributed by atoms with Crippen LogP contribution in [0.4, 0.5) is 0 Å². The third-order valence-electron chi connectivity index (χ3n) is 1.59. The fourth-order valence-corrected chi connectivity index (χ4v) is 0.897. The van der Waals surface area contributed by atoms with Crippen LogP contribution in [0.2, 0.25) is 0 Å². The quantitative estimate of drug-likeness (QED) is 0.558. The number of benzene rings is 1. The van der Waals surface area contributed by atoms with Crippen molar-refractivity contribution in [2.75, 3.05) is 7.11 Å². The van der Waals surface area contributed by atoms with Crippen molar-refractivity contribution in [1.29, 1.82) is 0 Å². The SMILES string of the molecule is COc1cc(C(C)=O)ccc1O.[NaH]. The van der Waals surface area contributed by atoms with Crippen molar-refractivity contribution in [2.45, 2.75) is 6.92 Å². The molecule has 0 atom stereocenters. The first-order chi connectivity index (χ1) is 5.65. The molecule has 4 heteroatoms. The van der Waals surface area contributed by atoms with Crippen LogP contribution in [0.25, 0.3) is 0 Å². The van der Waals surface area contributed by atoms with E-state index in [1.807, 2.05) is 0 Å². The standard InChI is InChI=1S/C9H10O3.Na.H/c1-6(10)7-3-4-8(11)9(5-7)12-2;;/h3-5,11H,1-2H3;;. The molecule has 0 amide bonds. The number of ketones is 1. The minimum absolute atomic E-state index is 0. The molecular weight excluding hydrogens is 179 g/mol. The molecular formula is C9H11NaO3. The molecule has 66 valence electrons. The van der Waals surface area contributed by atoms with Crippen LogP contribution in [0.3, 0.4) is 0 Å². The molecule has 0 aliphatic heterocycles. The second-order valence-electron chi connectivity index (χ2n) is 2.44. The number of phenols is 1. The fraction of sp³-hybridized carbons (Fsp3) is 0.222. The van der Waals surface area contributed by atoms with Gasteiger partial charge < -0.3 is 9.84 Å². The summed E-state index contributed by atoms with van der Waals surface area (Å²) in [5, 5.41) is 9.18. The second kappa shape index (κ2) is 5.27. The zero-order chi connectivity index (χ0) is 9.14. The summed E-state index contributed by atoms with van der Waals surface area (Å²) in [7, 11) is 1.44. The van der Waals surface area contributed by atoms with Crippen LogP contribution in [0, 0.1) is 0 Å². The molecule has 1 aromatic rings. The van der Waals surface area contributed by atoms with E-state index >= 15 is 0 Å². The molecule has 3 nitrogen and oxygen atoms in total. The van der Waals surface area contributed by atoms with E-state index in [1.54, 1.807) is 6.07 Å². The van der Waals surface area contributed by atoms with Gasteiger partial charge in [-0.05, 0) is 25.1 Å². The Labute approximate surface area is 99.0 Å². The summed E-state index contributed by atoms with van der Waals surface area (Å²) in [6.45, 7) is 1.46. The van der Waals surface area contributed by atoms with Gasteiger partial charge in [0.2, 0.25) is 0 Å². The van der Waals surface area contributed by atoms with Gasteiger partial charge in [0.05, 0.1) is 7.11 Å². The molecule has 0 aliphatic rings. The van der Waals surface area contributed by atoms with Crippen molar-refractivity contribution in [1.82, 2.24) is 0 Å². The van der Waals surface area contributed by atoms with E-state index in [-0.39, 0.29) is 41.1 Å². The zero-order valence-corrected chi connectivity index (χ0v) is 7.00. The Kier molecular flexibility index (Phi) is 5.06. The van der Waals surface area contributed by atoms with Gasteiger partial charge in [0.1, 0.15) is 0 Å². The van der Waals surface area contributed by atoms with E-state index in [1.165, 1.54) is 26.2 Å². The van der Waals surface area contributed by atoms with Crippen molar-refractivity contribution in [2.24, 2.45) is 0 Å². The van der Waals surface area contributed by atoms with Crippen LogP contribution < -0.4 is 4.74 Å². The Balaban J connectivity index is 0.00000144. The predicted octanol–water partition coefficient (Wildman–Crippen LogP) is 0.955. The van der Waals surface area contributed by atoms with Gasteiger partial charge in [0, 0.05) is 5.56 Å². The van der Waals surface area contributed by atoms with E-state index in [2.05, 4.69) is 0 Å². The number of phenolic OH excluding ortho intramolecular Hbond substituents is 1. The maximum atomic E-state index is 10.9. The summed E-state index contributed by atoms with van der Waals surface area (Å²) >= 11 is 0. The summed E-state index contributed by atoms with van der Waals surface area (Å²) in [5.74, 6) is 0.318. The van der Waals surface area contributed by atoms with Crippen molar-refractivity contribution < 1.29 is 14.6 Å². The Morgan fingerprint density at radius 1 is 1.46 bits per heavy atom. The van der Waals surface area contributed by atoms with E-state index < -0.39 is 0 Å². The summed E-state index contributed by atoms with van der Waals surface area (Å²) in [4.78, 5) is 10.9. The van der Waals surface area contributed by atoms with Crippen LogP contribution in [0.15, 0.2) is 18.2 Å². The number of carbonyl (C=O) groups is 1. The molecule has 0 aromatic heterocycles. The molecule has 0 fully saturated rings. The number of carbonyl (C=O) groups excluding carboxylic acids is 1. The van der Waals surface area contributed by atoms with Gasteiger partial charge in [-0.3, -0.25) is 4.79 Å². The molecule has 0 heterocycles. The molecule has 13 heavy (non-hydrogen) atoms. The van der Waals surface area contributed by atoms with Crippen molar-refractivity contribution in [3.05, 3.63) is 23.8 Å². The number of hydrogen-bond acceptors (Lipinski definition) is 3. The van der Waals surface area contributed by atoms with Gasteiger partial charge in [-0.15, -0.1) is 0 Å². The van der Waals surface area contributed by atoms with Crippen LogP contribution in [-0.2, 0) is 0 Å². The van der Waals surface area contributed by atoms with Gasteiger partial charge in [0.25, 0.3) is 0 Å². The number of methoxy groups -OCH3 is 1. The fourth-order valence-electron chi connectivity index (χ4n) is 0.897. The average Bonchev–Trinajstić information content (AvgIpc) is 2.05. The normalized spacial score (nSPS) is 8.77. The van der Waals surface area contributed by atoms with Gasteiger partial charge in [-0.1, -0.05) is 0 Å². The molecule has 1 aromatic carbocycles. The van der Waals surface area contributed by atoms with Crippen LogP contribution in [-0.4, -0.2) is 47.6 Å². The Morgan fingerprint density at radius 3 is 2.54 bits per heavy atom. The molecule has 1 rings (SSSR count). The molecule has 0 radical (unpaired) electrons. The first kappa shape index (κ1) is 12.5. The van der Waals surface area contributed by atoms with Gasteiger partial charge in [-0.25, -0.2) is 0 Å². The van der Waals surface area contributed by atoms with Gasteiger partial charge >= 0.3 is 29.6 Å². The Bertz CT molecular complexity index is 310. The molecule has 0 saturated heterocycles. The average molecular weight is 190 g/mol. The van der Waals surface area contributed by atoms with E-state index in [4.69, 9.17) is 4.74 Å². The summed E-state index contributed by atoms with van der Waals surface area (Å²) < 4.78 is 4.83. The van der Waals surface area contributed by atoms with E-state index in [0.717, 1.165) is 0 Å². The number of Topliss-reactive ketones (excluding diaryl/α,β-unsaturated/α-hetero) is 1. The monoisotopic (exact) mass is 190 g/mol. The number of ether oxygens (including phenoxy) is 1. The zero-order valence-electron chi connectivity index (χ0n) is 7.00. The van der Waals surface area contributed by atoms with Crippen molar-refractivity contribution in [3.63, 3.8) is 0 Å². The molecule has 0 saturated carbocycles. The maximum absolute atomic E-state index is 10.9. The van der Waals surface area contributed by atoms with Crippen LogP contribution in [0.5, 0.6) is 11.5 Å². The number of aromatic hydroxyl groups is 1.